The molecule has 0 aromatic rings. The average Bonchev–Trinajstić information content (AvgIpc) is 2.24. The molecule has 2 unspecified atom stereocenters. The lowest BCUT2D eigenvalue weighted by atomic mass is 10.4. The van der Waals surface area contributed by atoms with Gasteiger partial charge in [0.1, 0.15) is 6.61 Å². The number of aliphatic hydroxyl groups is 2. The molecule has 0 saturated heterocycles. The number of rotatable bonds is 6. The van der Waals surface area contributed by atoms with Gasteiger partial charge in [-0.25, -0.2) is 0 Å². The SMILES string of the molecule is CC(O)CO.CCCOC(C)COC(C)=O. The third kappa shape index (κ3) is 19.0. The fourth-order valence-corrected chi connectivity index (χ4v) is 0.602. The first kappa shape index (κ1) is 17.7. The average molecular weight is 236 g/mol. The fourth-order valence-electron chi connectivity index (χ4n) is 0.602. The van der Waals surface area contributed by atoms with E-state index in [4.69, 9.17) is 19.7 Å². The maximum Gasteiger partial charge on any atom is 0.302 e. The predicted molar refractivity (Wildman–Crippen MR) is 61.1 cm³/mol. The zero-order valence-electron chi connectivity index (χ0n) is 10.6. The topological polar surface area (TPSA) is 76.0 Å². The molecule has 0 radical (unpaired) electrons. The van der Waals surface area contributed by atoms with Gasteiger partial charge in [-0.05, 0) is 20.3 Å². The summed E-state index contributed by atoms with van der Waals surface area (Å²) in [4.78, 5) is 10.3. The van der Waals surface area contributed by atoms with E-state index in [9.17, 15) is 4.79 Å². The molecular formula is C11H24O5. The Balaban J connectivity index is 0. The van der Waals surface area contributed by atoms with Crippen molar-refractivity contribution in [1.82, 2.24) is 0 Å². The third-order valence-electron chi connectivity index (χ3n) is 1.39. The lowest BCUT2D eigenvalue weighted by molar-refractivity contribution is -0.144. The van der Waals surface area contributed by atoms with Crippen LogP contribution in [-0.4, -0.2) is 48.2 Å². The molecule has 0 heterocycles. The number of ether oxygens (including phenoxy) is 2. The Bertz CT molecular complexity index is 158. The van der Waals surface area contributed by atoms with E-state index in [-0.39, 0.29) is 18.7 Å². The summed E-state index contributed by atoms with van der Waals surface area (Å²) in [7, 11) is 0. The van der Waals surface area contributed by atoms with Crippen molar-refractivity contribution in [1.29, 1.82) is 0 Å². The van der Waals surface area contributed by atoms with Crippen LogP contribution in [0.25, 0.3) is 0 Å². The molecule has 0 aliphatic heterocycles. The highest BCUT2D eigenvalue weighted by molar-refractivity contribution is 5.65. The molecule has 0 fully saturated rings. The summed E-state index contributed by atoms with van der Waals surface area (Å²) in [6.07, 6.45) is 0.443. The van der Waals surface area contributed by atoms with Crippen molar-refractivity contribution in [2.24, 2.45) is 0 Å². The van der Waals surface area contributed by atoms with Gasteiger partial charge in [0.15, 0.2) is 0 Å². The van der Waals surface area contributed by atoms with Crippen LogP contribution in [0.1, 0.15) is 34.1 Å². The number of hydrogen-bond donors (Lipinski definition) is 2. The number of aliphatic hydroxyl groups excluding tert-OH is 2. The molecule has 0 aliphatic rings. The van der Waals surface area contributed by atoms with Crippen molar-refractivity contribution in [2.45, 2.75) is 46.3 Å². The van der Waals surface area contributed by atoms with Gasteiger partial charge < -0.3 is 19.7 Å². The number of carbonyl (C=O) groups excluding carboxylic acids is 1. The van der Waals surface area contributed by atoms with Crippen LogP contribution in [-0.2, 0) is 14.3 Å². The normalized spacial score (nSPS) is 13.4. The smallest absolute Gasteiger partial charge is 0.302 e. The Labute approximate surface area is 97.4 Å². The summed E-state index contributed by atoms with van der Waals surface area (Å²) in [5.41, 5.74) is 0. The Morgan fingerprint density at radius 3 is 2.19 bits per heavy atom. The Hall–Kier alpha value is -0.650. The van der Waals surface area contributed by atoms with Gasteiger partial charge in [0, 0.05) is 13.5 Å². The van der Waals surface area contributed by atoms with Crippen LogP contribution in [0.3, 0.4) is 0 Å². The standard InChI is InChI=1S/C8H16O3.C3H8O2/c1-4-5-10-7(2)6-11-8(3)9;1-3(5)2-4/h7H,4-6H2,1-3H3;3-5H,2H2,1H3. The molecule has 2 atom stereocenters. The lowest BCUT2D eigenvalue weighted by Gasteiger charge is -2.11. The van der Waals surface area contributed by atoms with Crippen molar-refractivity contribution in [3.05, 3.63) is 0 Å². The zero-order chi connectivity index (χ0) is 13.0. The summed E-state index contributed by atoms with van der Waals surface area (Å²) in [6, 6.07) is 0. The van der Waals surface area contributed by atoms with Gasteiger partial charge in [-0.2, -0.15) is 0 Å². The maximum atomic E-state index is 10.3. The van der Waals surface area contributed by atoms with Crippen molar-refractivity contribution >= 4 is 5.97 Å². The largest absolute Gasteiger partial charge is 0.463 e. The molecule has 5 heteroatoms. The minimum Gasteiger partial charge on any atom is -0.463 e. The summed E-state index contributed by atoms with van der Waals surface area (Å²) in [6.45, 7) is 7.79. The monoisotopic (exact) mass is 236 g/mol. The first-order valence-electron chi connectivity index (χ1n) is 5.47. The molecule has 98 valence electrons. The maximum absolute atomic E-state index is 10.3. The van der Waals surface area contributed by atoms with E-state index in [2.05, 4.69) is 0 Å². The lowest BCUT2D eigenvalue weighted by Crippen LogP contribution is -2.18. The van der Waals surface area contributed by atoms with Crippen LogP contribution in [0.15, 0.2) is 0 Å². The number of hydrogen-bond acceptors (Lipinski definition) is 5. The van der Waals surface area contributed by atoms with Crippen LogP contribution >= 0.6 is 0 Å². The van der Waals surface area contributed by atoms with E-state index in [0.717, 1.165) is 13.0 Å². The first-order chi connectivity index (χ1) is 7.43. The third-order valence-corrected chi connectivity index (χ3v) is 1.39. The second kappa shape index (κ2) is 12.4. The van der Waals surface area contributed by atoms with Gasteiger partial charge in [0.2, 0.25) is 0 Å². The minimum atomic E-state index is -0.560. The van der Waals surface area contributed by atoms with Gasteiger partial charge >= 0.3 is 5.97 Å². The first-order valence-corrected chi connectivity index (χ1v) is 5.47. The quantitative estimate of drug-likeness (QED) is 0.665. The van der Waals surface area contributed by atoms with Gasteiger partial charge in [0.05, 0.1) is 18.8 Å². The molecule has 0 aliphatic carbocycles. The van der Waals surface area contributed by atoms with Crippen LogP contribution in [0.5, 0.6) is 0 Å². The molecule has 5 nitrogen and oxygen atoms in total. The number of esters is 1. The molecule has 2 N–H and O–H groups in total. The molecular weight excluding hydrogens is 212 g/mol. The van der Waals surface area contributed by atoms with Crippen LogP contribution in [0.4, 0.5) is 0 Å². The summed E-state index contributed by atoms with van der Waals surface area (Å²) < 4.78 is 10.0. The highest BCUT2D eigenvalue weighted by Crippen LogP contribution is 1.93. The molecule has 0 aromatic carbocycles. The molecule has 0 amide bonds. The molecule has 0 rings (SSSR count). The second-order valence-corrected chi connectivity index (χ2v) is 3.52. The van der Waals surface area contributed by atoms with Crippen molar-refractivity contribution < 1.29 is 24.5 Å². The van der Waals surface area contributed by atoms with Crippen LogP contribution < -0.4 is 0 Å². The summed E-state index contributed by atoms with van der Waals surface area (Å²) in [5.74, 6) is -0.253. The zero-order valence-corrected chi connectivity index (χ0v) is 10.6. The molecule has 0 saturated carbocycles. The van der Waals surface area contributed by atoms with Gasteiger partial charge in [-0.3, -0.25) is 4.79 Å². The van der Waals surface area contributed by atoms with E-state index < -0.39 is 6.10 Å². The Kier molecular flexibility index (Phi) is 13.8. The van der Waals surface area contributed by atoms with Gasteiger partial charge in [-0.1, -0.05) is 6.92 Å². The fraction of sp³-hybridized carbons (Fsp3) is 0.909. The molecule has 0 spiro atoms. The van der Waals surface area contributed by atoms with E-state index in [1.54, 1.807) is 0 Å². The van der Waals surface area contributed by atoms with E-state index >= 15 is 0 Å². The summed E-state index contributed by atoms with van der Waals surface area (Å²) >= 11 is 0. The van der Waals surface area contributed by atoms with Crippen LogP contribution in [0, 0.1) is 0 Å². The minimum absolute atomic E-state index is 0.0128. The molecule has 0 bridgehead atoms. The van der Waals surface area contributed by atoms with E-state index in [0.29, 0.717) is 6.61 Å². The Morgan fingerprint density at radius 2 is 1.88 bits per heavy atom. The van der Waals surface area contributed by atoms with Crippen LogP contribution in [0.2, 0.25) is 0 Å². The number of carbonyl (C=O) groups is 1. The Morgan fingerprint density at radius 1 is 1.38 bits per heavy atom. The van der Waals surface area contributed by atoms with Crippen molar-refractivity contribution in [3.63, 3.8) is 0 Å². The van der Waals surface area contributed by atoms with E-state index in [1.165, 1.54) is 13.8 Å². The predicted octanol–water partition coefficient (Wildman–Crippen LogP) is 0.724. The second-order valence-electron chi connectivity index (χ2n) is 3.52. The molecule has 16 heavy (non-hydrogen) atoms. The highest BCUT2D eigenvalue weighted by atomic mass is 16.6. The summed E-state index contributed by atoms with van der Waals surface area (Å²) in [5, 5.41) is 16.0. The van der Waals surface area contributed by atoms with Gasteiger partial charge in [-0.15, -0.1) is 0 Å². The molecule has 0 aromatic heterocycles. The van der Waals surface area contributed by atoms with Crippen molar-refractivity contribution in [3.8, 4) is 0 Å². The van der Waals surface area contributed by atoms with Crippen molar-refractivity contribution in [2.75, 3.05) is 19.8 Å². The van der Waals surface area contributed by atoms with Gasteiger partial charge in [0.25, 0.3) is 0 Å². The van der Waals surface area contributed by atoms with E-state index in [1.807, 2.05) is 13.8 Å². The highest BCUT2D eigenvalue weighted by Gasteiger charge is 2.02.